The Balaban J connectivity index is 1.61. The predicted molar refractivity (Wildman–Crippen MR) is 106 cm³/mol. The van der Waals surface area contributed by atoms with Crippen molar-refractivity contribution >= 4 is 35.0 Å². The SMILES string of the molecule is CC(C)(C)N1C(=O)c2ccc(C(=O)NCCNC(=O)c3cccs3)cc2C1=O. The number of amides is 4. The van der Waals surface area contributed by atoms with Crippen molar-refractivity contribution in [3.63, 3.8) is 0 Å². The van der Waals surface area contributed by atoms with Crippen LogP contribution in [-0.2, 0) is 0 Å². The quantitative estimate of drug-likeness (QED) is 0.596. The lowest BCUT2D eigenvalue weighted by Crippen LogP contribution is -2.45. The number of benzene rings is 1. The highest BCUT2D eigenvalue weighted by Gasteiger charge is 2.42. The van der Waals surface area contributed by atoms with Gasteiger partial charge in [0.25, 0.3) is 23.6 Å². The zero-order valence-corrected chi connectivity index (χ0v) is 16.7. The summed E-state index contributed by atoms with van der Waals surface area (Å²) in [5.41, 5.74) is 0.189. The van der Waals surface area contributed by atoms with Gasteiger partial charge in [0.1, 0.15) is 0 Å². The molecule has 2 aromatic rings. The van der Waals surface area contributed by atoms with E-state index in [1.54, 1.807) is 32.9 Å². The van der Waals surface area contributed by atoms with Gasteiger partial charge in [-0.15, -0.1) is 11.3 Å². The summed E-state index contributed by atoms with van der Waals surface area (Å²) in [6.45, 7) is 5.88. The minimum atomic E-state index is -0.642. The lowest BCUT2D eigenvalue weighted by Gasteiger charge is -2.29. The van der Waals surface area contributed by atoms with Crippen LogP contribution in [0.3, 0.4) is 0 Å². The number of imide groups is 1. The second-order valence-corrected chi connectivity index (χ2v) is 8.31. The largest absolute Gasteiger partial charge is 0.350 e. The normalized spacial score (nSPS) is 13.5. The first kappa shape index (κ1) is 19.8. The van der Waals surface area contributed by atoms with Gasteiger partial charge in [0.15, 0.2) is 0 Å². The highest BCUT2D eigenvalue weighted by atomic mass is 32.1. The second kappa shape index (κ2) is 7.55. The monoisotopic (exact) mass is 399 g/mol. The molecule has 146 valence electrons. The van der Waals surface area contributed by atoms with Gasteiger partial charge >= 0.3 is 0 Å². The van der Waals surface area contributed by atoms with Crippen molar-refractivity contribution in [1.82, 2.24) is 15.5 Å². The average molecular weight is 399 g/mol. The molecule has 1 aromatic heterocycles. The van der Waals surface area contributed by atoms with Gasteiger partial charge in [0.05, 0.1) is 16.0 Å². The molecule has 4 amide bonds. The smallest absolute Gasteiger partial charge is 0.262 e. The maximum Gasteiger partial charge on any atom is 0.262 e. The van der Waals surface area contributed by atoms with E-state index in [4.69, 9.17) is 0 Å². The number of nitrogens with zero attached hydrogens (tertiary/aromatic N) is 1. The molecular weight excluding hydrogens is 378 g/mol. The zero-order valence-electron chi connectivity index (χ0n) is 15.9. The molecule has 0 atom stereocenters. The van der Waals surface area contributed by atoms with Crippen LogP contribution in [0.1, 0.15) is 61.5 Å². The Labute approximate surface area is 166 Å². The van der Waals surface area contributed by atoms with E-state index >= 15 is 0 Å². The Bertz CT molecular complexity index is 945. The number of nitrogens with one attached hydrogen (secondary N) is 2. The molecule has 1 aliphatic rings. The maximum atomic E-state index is 12.6. The third-order valence-corrected chi connectivity index (χ3v) is 5.13. The summed E-state index contributed by atoms with van der Waals surface area (Å²) in [6.07, 6.45) is 0. The van der Waals surface area contributed by atoms with Crippen molar-refractivity contribution in [3.8, 4) is 0 Å². The molecule has 2 heterocycles. The zero-order chi connectivity index (χ0) is 20.5. The number of hydrogen-bond donors (Lipinski definition) is 2. The van der Waals surface area contributed by atoms with Crippen LogP contribution < -0.4 is 10.6 Å². The lowest BCUT2D eigenvalue weighted by molar-refractivity contribution is 0.0507. The molecule has 1 aliphatic heterocycles. The molecule has 0 spiro atoms. The van der Waals surface area contributed by atoms with Crippen LogP contribution in [0.15, 0.2) is 35.7 Å². The summed E-state index contributed by atoms with van der Waals surface area (Å²) < 4.78 is 0. The molecule has 28 heavy (non-hydrogen) atoms. The molecule has 8 heteroatoms. The van der Waals surface area contributed by atoms with Crippen molar-refractivity contribution in [1.29, 1.82) is 0 Å². The molecule has 3 rings (SSSR count). The summed E-state index contributed by atoms with van der Waals surface area (Å²) in [4.78, 5) is 51.1. The van der Waals surface area contributed by atoms with E-state index in [-0.39, 0.29) is 36.4 Å². The first-order chi connectivity index (χ1) is 13.2. The lowest BCUT2D eigenvalue weighted by atomic mass is 10.1. The van der Waals surface area contributed by atoms with E-state index in [1.165, 1.54) is 34.4 Å². The van der Waals surface area contributed by atoms with Gasteiger partial charge in [-0.1, -0.05) is 6.07 Å². The standard InChI is InChI=1S/C20H21N3O4S/c1-20(2,3)23-18(26)13-7-6-12(11-14(13)19(23)27)16(24)21-8-9-22-17(25)15-5-4-10-28-15/h4-7,10-11H,8-9H2,1-3H3,(H,21,24)(H,22,25). The Hall–Kier alpha value is -3.00. The van der Waals surface area contributed by atoms with Gasteiger partial charge < -0.3 is 10.6 Å². The number of fused-ring (bicyclic) bond motifs is 1. The van der Waals surface area contributed by atoms with Crippen LogP contribution in [-0.4, -0.2) is 47.2 Å². The molecule has 0 aliphatic carbocycles. The molecule has 0 saturated heterocycles. The van der Waals surface area contributed by atoms with Gasteiger partial charge in [-0.05, 0) is 50.4 Å². The molecule has 0 radical (unpaired) electrons. The topological polar surface area (TPSA) is 95.6 Å². The van der Waals surface area contributed by atoms with Crippen molar-refractivity contribution in [2.45, 2.75) is 26.3 Å². The van der Waals surface area contributed by atoms with Crippen molar-refractivity contribution < 1.29 is 19.2 Å². The number of carbonyl (C=O) groups excluding carboxylic acids is 4. The van der Waals surface area contributed by atoms with Crippen LogP contribution >= 0.6 is 11.3 Å². The number of thiophene rings is 1. The Kier molecular flexibility index (Phi) is 5.33. The molecule has 0 fully saturated rings. The fourth-order valence-corrected chi connectivity index (χ4v) is 3.58. The van der Waals surface area contributed by atoms with Gasteiger partial charge in [0.2, 0.25) is 0 Å². The highest BCUT2D eigenvalue weighted by molar-refractivity contribution is 7.12. The number of carbonyl (C=O) groups is 4. The summed E-state index contributed by atoms with van der Waals surface area (Å²) in [7, 11) is 0. The van der Waals surface area contributed by atoms with E-state index in [9.17, 15) is 19.2 Å². The molecular formula is C20H21N3O4S. The Morgan fingerprint density at radius 2 is 1.61 bits per heavy atom. The molecule has 2 N–H and O–H groups in total. The van der Waals surface area contributed by atoms with Gasteiger partial charge in [-0.25, -0.2) is 0 Å². The second-order valence-electron chi connectivity index (χ2n) is 7.37. The van der Waals surface area contributed by atoms with E-state index in [0.29, 0.717) is 16.0 Å². The average Bonchev–Trinajstić information content (AvgIpc) is 3.25. The first-order valence-electron chi connectivity index (χ1n) is 8.83. The number of hydrogen-bond acceptors (Lipinski definition) is 5. The third-order valence-electron chi connectivity index (χ3n) is 4.26. The van der Waals surface area contributed by atoms with Crippen LogP contribution in [0.2, 0.25) is 0 Å². The van der Waals surface area contributed by atoms with E-state index < -0.39 is 11.4 Å². The summed E-state index contributed by atoms with van der Waals surface area (Å²) in [6, 6.07) is 8.00. The molecule has 0 saturated carbocycles. The van der Waals surface area contributed by atoms with Gasteiger partial charge in [-0.2, -0.15) is 0 Å². The van der Waals surface area contributed by atoms with Crippen LogP contribution in [0.4, 0.5) is 0 Å². The fraction of sp³-hybridized carbons (Fsp3) is 0.300. The van der Waals surface area contributed by atoms with E-state index in [2.05, 4.69) is 10.6 Å². The Morgan fingerprint density at radius 1 is 0.964 bits per heavy atom. The van der Waals surface area contributed by atoms with Crippen LogP contribution in [0.5, 0.6) is 0 Å². The highest BCUT2D eigenvalue weighted by Crippen LogP contribution is 2.29. The van der Waals surface area contributed by atoms with Crippen molar-refractivity contribution in [3.05, 3.63) is 57.3 Å². The van der Waals surface area contributed by atoms with Gasteiger partial charge in [0, 0.05) is 24.2 Å². The minimum absolute atomic E-state index is 0.187. The van der Waals surface area contributed by atoms with E-state index in [1.807, 2.05) is 5.38 Å². The summed E-state index contributed by atoms with van der Waals surface area (Å²) in [5.74, 6) is -1.31. The molecule has 0 bridgehead atoms. The van der Waals surface area contributed by atoms with Gasteiger partial charge in [-0.3, -0.25) is 24.1 Å². The summed E-state index contributed by atoms with van der Waals surface area (Å²) >= 11 is 1.34. The van der Waals surface area contributed by atoms with Crippen molar-refractivity contribution in [2.75, 3.05) is 13.1 Å². The Morgan fingerprint density at radius 3 is 2.21 bits per heavy atom. The summed E-state index contributed by atoms with van der Waals surface area (Å²) in [5, 5.41) is 7.24. The minimum Gasteiger partial charge on any atom is -0.350 e. The molecule has 7 nitrogen and oxygen atoms in total. The van der Waals surface area contributed by atoms with Crippen molar-refractivity contribution in [2.24, 2.45) is 0 Å². The van der Waals surface area contributed by atoms with Crippen LogP contribution in [0.25, 0.3) is 0 Å². The fourth-order valence-electron chi connectivity index (χ4n) is 2.94. The number of rotatable bonds is 5. The van der Waals surface area contributed by atoms with Crippen LogP contribution in [0, 0.1) is 0 Å². The first-order valence-corrected chi connectivity index (χ1v) is 9.71. The maximum absolute atomic E-state index is 12.6. The predicted octanol–water partition coefficient (Wildman–Crippen LogP) is 2.30. The molecule has 0 unspecified atom stereocenters. The van der Waals surface area contributed by atoms with E-state index in [0.717, 1.165) is 0 Å². The third kappa shape index (κ3) is 3.82. The molecule has 1 aromatic carbocycles.